The van der Waals surface area contributed by atoms with Gasteiger partial charge >= 0.3 is 5.97 Å². The zero-order valence-electron chi connectivity index (χ0n) is 11.0. The second-order valence-corrected chi connectivity index (χ2v) is 6.38. The van der Waals surface area contributed by atoms with Crippen molar-refractivity contribution >= 4 is 15.8 Å². The van der Waals surface area contributed by atoms with E-state index in [2.05, 4.69) is 16.9 Å². The lowest BCUT2D eigenvalue weighted by atomic mass is 10.3. The quantitative estimate of drug-likeness (QED) is 0.531. The van der Waals surface area contributed by atoms with E-state index in [4.69, 9.17) is 4.74 Å². The smallest absolute Gasteiger partial charge is 0.361 e. The molecule has 0 radical (unpaired) electrons. The van der Waals surface area contributed by atoms with Crippen molar-refractivity contribution in [3.8, 4) is 0 Å². The summed E-state index contributed by atoms with van der Waals surface area (Å²) < 4.78 is 28.4. The van der Waals surface area contributed by atoms with Gasteiger partial charge in [-0.05, 0) is 13.3 Å². The highest BCUT2D eigenvalue weighted by molar-refractivity contribution is 7.90. The molecule has 1 rings (SSSR count). The number of nitrogens with zero attached hydrogens (tertiary/aromatic N) is 3. The number of aryl methyl sites for hydroxylation is 1. The molecule has 0 N–H and O–H groups in total. The summed E-state index contributed by atoms with van der Waals surface area (Å²) in [5, 5.41) is 7.55. The third-order valence-corrected chi connectivity index (χ3v) is 3.42. The predicted molar refractivity (Wildman–Crippen MR) is 69.6 cm³/mol. The highest BCUT2D eigenvalue weighted by Gasteiger charge is 2.17. The van der Waals surface area contributed by atoms with E-state index >= 15 is 0 Å². The summed E-state index contributed by atoms with van der Waals surface area (Å²) in [5.41, 5.74) is 0.698. The van der Waals surface area contributed by atoms with Crippen molar-refractivity contribution in [3.05, 3.63) is 24.0 Å². The molecular formula is C11H17N3O4S. The van der Waals surface area contributed by atoms with Crippen LogP contribution in [0.4, 0.5) is 0 Å². The number of rotatable bonds is 7. The van der Waals surface area contributed by atoms with Crippen LogP contribution in [-0.2, 0) is 21.1 Å². The van der Waals surface area contributed by atoms with E-state index in [0.29, 0.717) is 18.7 Å². The zero-order valence-corrected chi connectivity index (χ0v) is 11.8. The minimum absolute atomic E-state index is 0.0720. The zero-order chi connectivity index (χ0) is 14.5. The first kappa shape index (κ1) is 15.4. The molecule has 0 spiro atoms. The third kappa shape index (κ3) is 4.82. The van der Waals surface area contributed by atoms with Gasteiger partial charge in [-0.3, -0.25) is 0 Å². The largest absolute Gasteiger partial charge is 0.457 e. The van der Waals surface area contributed by atoms with Gasteiger partial charge in [-0.1, -0.05) is 17.9 Å². The Hall–Kier alpha value is -1.70. The van der Waals surface area contributed by atoms with Crippen LogP contribution in [-0.4, -0.2) is 48.0 Å². The summed E-state index contributed by atoms with van der Waals surface area (Å²) in [6.07, 6.45) is 3.06. The molecule has 106 valence electrons. The predicted octanol–water partition coefficient (Wildman–Crippen LogP) is 0.364. The number of sulfone groups is 1. The van der Waals surface area contributed by atoms with Crippen molar-refractivity contribution in [2.45, 2.75) is 19.9 Å². The first-order valence-electron chi connectivity index (χ1n) is 5.71. The Bertz CT molecular complexity index is 562. The van der Waals surface area contributed by atoms with Gasteiger partial charge in [0.1, 0.15) is 16.4 Å². The Kier molecular flexibility index (Phi) is 5.22. The summed E-state index contributed by atoms with van der Waals surface area (Å²) in [4.78, 5) is 11.6. The number of ether oxygens (including phenoxy) is 1. The molecule has 0 atom stereocenters. The second-order valence-electron chi connectivity index (χ2n) is 4.12. The van der Waals surface area contributed by atoms with Gasteiger partial charge in [-0.25, -0.2) is 17.9 Å². The average molecular weight is 287 g/mol. The maximum Gasteiger partial charge on any atom is 0.361 e. The van der Waals surface area contributed by atoms with E-state index < -0.39 is 15.8 Å². The molecule has 1 heterocycles. The number of hydrogen-bond acceptors (Lipinski definition) is 6. The van der Waals surface area contributed by atoms with E-state index in [9.17, 15) is 13.2 Å². The maximum atomic E-state index is 11.6. The van der Waals surface area contributed by atoms with Gasteiger partial charge in [-0.2, -0.15) is 0 Å². The molecule has 0 saturated carbocycles. The van der Waals surface area contributed by atoms with E-state index in [0.717, 1.165) is 0 Å². The fourth-order valence-corrected chi connectivity index (χ4v) is 2.09. The Morgan fingerprint density at radius 2 is 2.21 bits per heavy atom. The fourth-order valence-electron chi connectivity index (χ4n) is 1.44. The third-order valence-electron chi connectivity index (χ3n) is 2.39. The fraction of sp³-hybridized carbons (Fsp3) is 0.545. The molecule has 0 amide bonds. The van der Waals surface area contributed by atoms with Crippen molar-refractivity contribution in [1.82, 2.24) is 15.0 Å². The van der Waals surface area contributed by atoms with Crippen LogP contribution in [0.5, 0.6) is 0 Å². The van der Waals surface area contributed by atoms with Crippen molar-refractivity contribution in [2.75, 3.05) is 18.6 Å². The van der Waals surface area contributed by atoms with Gasteiger partial charge < -0.3 is 4.74 Å². The van der Waals surface area contributed by atoms with Crippen molar-refractivity contribution in [1.29, 1.82) is 0 Å². The summed E-state index contributed by atoms with van der Waals surface area (Å²) >= 11 is 0. The van der Waals surface area contributed by atoms with Crippen molar-refractivity contribution in [2.24, 2.45) is 0 Å². The van der Waals surface area contributed by atoms with Gasteiger partial charge in [0.25, 0.3) is 0 Å². The highest BCUT2D eigenvalue weighted by atomic mass is 32.2. The summed E-state index contributed by atoms with van der Waals surface area (Å²) in [6, 6.07) is 0. The molecule has 0 bridgehead atoms. The lowest BCUT2D eigenvalue weighted by Crippen LogP contribution is -2.11. The molecule has 19 heavy (non-hydrogen) atoms. The minimum Gasteiger partial charge on any atom is -0.457 e. The lowest BCUT2D eigenvalue weighted by molar-refractivity contribution is 0.0542. The van der Waals surface area contributed by atoms with Crippen LogP contribution < -0.4 is 0 Å². The number of aromatic nitrogens is 3. The van der Waals surface area contributed by atoms with Gasteiger partial charge in [0.05, 0.1) is 11.4 Å². The molecule has 0 unspecified atom stereocenters. The molecule has 1 aromatic heterocycles. The van der Waals surface area contributed by atoms with Crippen LogP contribution in [0.1, 0.15) is 22.6 Å². The van der Waals surface area contributed by atoms with Gasteiger partial charge in [0.2, 0.25) is 0 Å². The molecule has 0 aliphatic carbocycles. The number of carbonyl (C=O) groups is 1. The molecule has 1 aromatic rings. The van der Waals surface area contributed by atoms with Gasteiger partial charge in [0, 0.05) is 12.8 Å². The molecule has 0 aromatic carbocycles. The highest BCUT2D eigenvalue weighted by Crippen LogP contribution is 2.06. The Balaban J connectivity index is 2.65. The van der Waals surface area contributed by atoms with Crippen LogP contribution in [0, 0.1) is 6.92 Å². The lowest BCUT2D eigenvalue weighted by Gasteiger charge is -2.03. The molecule has 0 aliphatic rings. The monoisotopic (exact) mass is 287 g/mol. The van der Waals surface area contributed by atoms with E-state index in [1.54, 1.807) is 6.92 Å². The van der Waals surface area contributed by atoms with Crippen LogP contribution in [0.3, 0.4) is 0 Å². The summed E-state index contributed by atoms with van der Waals surface area (Å²) in [5.74, 6) is -0.491. The van der Waals surface area contributed by atoms with Crippen LogP contribution in [0.2, 0.25) is 0 Å². The first-order chi connectivity index (χ1) is 8.85. The number of hydrogen-bond donors (Lipinski definition) is 0. The first-order valence-corrected chi connectivity index (χ1v) is 7.77. The Morgan fingerprint density at radius 3 is 2.79 bits per heavy atom. The van der Waals surface area contributed by atoms with E-state index in [1.165, 1.54) is 17.0 Å². The van der Waals surface area contributed by atoms with Crippen LogP contribution in [0.15, 0.2) is 12.7 Å². The standard InChI is InChI=1S/C11H17N3O4S/c1-4-7-18-11(15)10-9(2)14(13-12-10)6-5-8-19(3,16)17/h4H,1,5-8H2,2-3H3. The summed E-state index contributed by atoms with van der Waals surface area (Å²) in [6.45, 7) is 5.63. The van der Waals surface area contributed by atoms with E-state index in [-0.39, 0.29) is 18.1 Å². The summed E-state index contributed by atoms with van der Waals surface area (Å²) in [7, 11) is -2.99. The Morgan fingerprint density at radius 1 is 1.53 bits per heavy atom. The molecule has 0 fully saturated rings. The van der Waals surface area contributed by atoms with Crippen molar-refractivity contribution in [3.63, 3.8) is 0 Å². The SMILES string of the molecule is C=CCOC(=O)c1nnn(CCCS(C)(=O)=O)c1C. The topological polar surface area (TPSA) is 91.2 Å². The minimum atomic E-state index is -2.99. The molecule has 0 aliphatic heterocycles. The van der Waals surface area contributed by atoms with Gasteiger partial charge in [0.15, 0.2) is 5.69 Å². The van der Waals surface area contributed by atoms with Gasteiger partial charge in [-0.15, -0.1) is 5.10 Å². The Labute approximate surface area is 112 Å². The normalized spacial score (nSPS) is 11.3. The molecule has 0 saturated heterocycles. The maximum absolute atomic E-state index is 11.6. The van der Waals surface area contributed by atoms with Crippen LogP contribution in [0.25, 0.3) is 0 Å². The second kappa shape index (κ2) is 6.46. The number of carbonyl (C=O) groups excluding carboxylic acids is 1. The van der Waals surface area contributed by atoms with E-state index in [1.807, 2.05) is 0 Å². The molecule has 8 heteroatoms. The molecule has 7 nitrogen and oxygen atoms in total. The molecular weight excluding hydrogens is 270 g/mol. The van der Waals surface area contributed by atoms with Crippen molar-refractivity contribution < 1.29 is 17.9 Å². The van der Waals surface area contributed by atoms with Crippen LogP contribution >= 0.6 is 0 Å². The average Bonchev–Trinajstić information content (AvgIpc) is 2.67. The number of esters is 1.